The topological polar surface area (TPSA) is 62.1 Å². The van der Waals surface area contributed by atoms with Crippen molar-refractivity contribution in [2.45, 2.75) is 32.1 Å². The maximum atomic E-state index is 6.27. The zero-order valence-electron chi connectivity index (χ0n) is 15.7. The Labute approximate surface area is 181 Å². The van der Waals surface area contributed by atoms with Crippen LogP contribution in [0.15, 0.2) is 47.3 Å². The molecule has 0 spiro atoms. The molecule has 4 aromatic rings. The molecule has 5 rings (SSSR count). The average Bonchev–Trinajstić information content (AvgIpc) is 3.30. The van der Waals surface area contributed by atoms with E-state index in [0.717, 1.165) is 50.7 Å². The SMILES string of the molecule is Cc1cc2c(Cl)ncnc2n1C1CCC(COc2ccc3cc(Br)cnc3c2)O1. The van der Waals surface area contributed by atoms with Crippen molar-refractivity contribution in [3.8, 4) is 5.75 Å². The van der Waals surface area contributed by atoms with Crippen LogP contribution in [0.5, 0.6) is 5.75 Å². The Morgan fingerprint density at radius 2 is 2.10 bits per heavy atom. The second-order valence-electron chi connectivity index (χ2n) is 7.17. The normalized spacial score (nSPS) is 19.3. The van der Waals surface area contributed by atoms with Gasteiger partial charge in [-0.15, -0.1) is 0 Å². The Morgan fingerprint density at radius 1 is 1.21 bits per heavy atom. The van der Waals surface area contributed by atoms with Crippen molar-refractivity contribution in [2.75, 3.05) is 6.61 Å². The van der Waals surface area contributed by atoms with Gasteiger partial charge in [0.15, 0.2) is 0 Å². The van der Waals surface area contributed by atoms with Gasteiger partial charge in [0.2, 0.25) is 0 Å². The summed E-state index contributed by atoms with van der Waals surface area (Å²) in [6, 6.07) is 9.98. The third-order valence-corrected chi connectivity index (χ3v) is 5.94. The van der Waals surface area contributed by atoms with E-state index in [1.54, 1.807) is 6.20 Å². The van der Waals surface area contributed by atoms with Gasteiger partial charge in [0.1, 0.15) is 35.7 Å². The lowest BCUT2D eigenvalue weighted by Gasteiger charge is -2.18. The van der Waals surface area contributed by atoms with Gasteiger partial charge in [-0.2, -0.15) is 0 Å². The molecule has 148 valence electrons. The maximum Gasteiger partial charge on any atom is 0.147 e. The first-order chi connectivity index (χ1) is 14.1. The summed E-state index contributed by atoms with van der Waals surface area (Å²) in [6.45, 7) is 2.53. The van der Waals surface area contributed by atoms with Gasteiger partial charge >= 0.3 is 0 Å². The van der Waals surface area contributed by atoms with Crippen LogP contribution < -0.4 is 4.74 Å². The predicted octanol–water partition coefficient (Wildman–Crippen LogP) is 5.46. The fourth-order valence-electron chi connectivity index (χ4n) is 3.84. The molecule has 4 heterocycles. The Hall–Kier alpha value is -2.22. The van der Waals surface area contributed by atoms with Crippen LogP contribution in [-0.2, 0) is 4.74 Å². The van der Waals surface area contributed by atoms with E-state index >= 15 is 0 Å². The Morgan fingerprint density at radius 3 is 3.00 bits per heavy atom. The number of pyridine rings is 1. The van der Waals surface area contributed by atoms with Crippen molar-refractivity contribution in [3.63, 3.8) is 0 Å². The lowest BCUT2D eigenvalue weighted by atomic mass is 10.2. The number of nitrogens with zero attached hydrogens (tertiary/aromatic N) is 4. The van der Waals surface area contributed by atoms with Crippen molar-refractivity contribution in [1.29, 1.82) is 0 Å². The summed E-state index contributed by atoms with van der Waals surface area (Å²) in [4.78, 5) is 12.9. The first-order valence-corrected chi connectivity index (χ1v) is 10.6. The van der Waals surface area contributed by atoms with Crippen LogP contribution in [-0.4, -0.2) is 32.2 Å². The quantitative estimate of drug-likeness (QED) is 0.368. The van der Waals surface area contributed by atoms with Crippen LogP contribution in [0.4, 0.5) is 0 Å². The monoisotopic (exact) mass is 472 g/mol. The second-order valence-corrected chi connectivity index (χ2v) is 8.44. The highest BCUT2D eigenvalue weighted by molar-refractivity contribution is 9.10. The average molecular weight is 474 g/mol. The van der Waals surface area contributed by atoms with Crippen LogP contribution in [0, 0.1) is 6.92 Å². The van der Waals surface area contributed by atoms with Gasteiger partial charge in [-0.25, -0.2) is 9.97 Å². The van der Waals surface area contributed by atoms with E-state index in [1.165, 1.54) is 6.33 Å². The lowest BCUT2D eigenvalue weighted by Crippen LogP contribution is -2.19. The van der Waals surface area contributed by atoms with E-state index in [0.29, 0.717) is 11.8 Å². The lowest BCUT2D eigenvalue weighted by molar-refractivity contribution is -0.0164. The number of benzene rings is 1. The first kappa shape index (κ1) is 18.8. The van der Waals surface area contributed by atoms with E-state index in [4.69, 9.17) is 21.1 Å². The fraction of sp³-hybridized carbons (Fsp3) is 0.286. The van der Waals surface area contributed by atoms with Gasteiger partial charge in [0.05, 0.1) is 17.0 Å². The van der Waals surface area contributed by atoms with Crippen molar-refractivity contribution in [3.05, 3.63) is 58.2 Å². The van der Waals surface area contributed by atoms with Crippen LogP contribution in [0.1, 0.15) is 24.8 Å². The van der Waals surface area contributed by atoms with E-state index < -0.39 is 0 Å². The van der Waals surface area contributed by atoms with Gasteiger partial charge in [-0.1, -0.05) is 11.6 Å². The number of fused-ring (bicyclic) bond motifs is 2. The Kier molecular flexibility index (Phi) is 4.89. The minimum Gasteiger partial charge on any atom is -0.491 e. The fourth-order valence-corrected chi connectivity index (χ4v) is 4.37. The minimum atomic E-state index is -0.0808. The second kappa shape index (κ2) is 7.55. The maximum absolute atomic E-state index is 6.27. The zero-order valence-corrected chi connectivity index (χ0v) is 18.0. The molecular formula is C21H18BrClN4O2. The predicted molar refractivity (Wildman–Crippen MR) is 115 cm³/mol. The van der Waals surface area contributed by atoms with Crippen LogP contribution >= 0.6 is 27.5 Å². The zero-order chi connectivity index (χ0) is 20.0. The molecule has 29 heavy (non-hydrogen) atoms. The Balaban J connectivity index is 1.29. The number of ether oxygens (including phenoxy) is 2. The van der Waals surface area contributed by atoms with Gasteiger partial charge in [-0.05, 0) is 60.0 Å². The highest BCUT2D eigenvalue weighted by atomic mass is 79.9. The van der Waals surface area contributed by atoms with E-state index in [2.05, 4.69) is 35.4 Å². The van der Waals surface area contributed by atoms with E-state index in [-0.39, 0.29) is 12.3 Å². The molecule has 1 aliphatic rings. The summed E-state index contributed by atoms with van der Waals surface area (Å²) in [5.74, 6) is 0.793. The van der Waals surface area contributed by atoms with Crippen molar-refractivity contribution in [2.24, 2.45) is 0 Å². The summed E-state index contributed by atoms with van der Waals surface area (Å²) >= 11 is 9.66. The summed E-state index contributed by atoms with van der Waals surface area (Å²) in [6.07, 6.45) is 5.03. The molecule has 2 atom stereocenters. The molecule has 1 saturated heterocycles. The molecule has 1 fully saturated rings. The molecule has 6 nitrogen and oxygen atoms in total. The molecule has 0 N–H and O–H groups in total. The summed E-state index contributed by atoms with van der Waals surface area (Å²) in [7, 11) is 0. The number of aromatic nitrogens is 4. The standard InChI is InChI=1S/C21H18BrClN4O2/c1-12-6-17-20(23)25-11-26-21(17)27(12)19-5-4-16(29-19)10-28-15-3-2-13-7-14(22)9-24-18(13)8-15/h2-3,6-9,11,16,19H,4-5,10H2,1H3. The number of hydrogen-bond donors (Lipinski definition) is 0. The highest BCUT2D eigenvalue weighted by Crippen LogP contribution is 2.34. The molecular weight excluding hydrogens is 456 g/mol. The number of hydrogen-bond acceptors (Lipinski definition) is 5. The molecule has 1 aliphatic heterocycles. The van der Waals surface area contributed by atoms with Gasteiger partial charge in [0.25, 0.3) is 0 Å². The van der Waals surface area contributed by atoms with Gasteiger partial charge in [0, 0.05) is 27.8 Å². The van der Waals surface area contributed by atoms with Gasteiger partial charge in [-0.3, -0.25) is 4.98 Å². The summed E-state index contributed by atoms with van der Waals surface area (Å²) in [5, 5.41) is 2.39. The first-order valence-electron chi connectivity index (χ1n) is 9.40. The van der Waals surface area contributed by atoms with E-state index in [9.17, 15) is 0 Å². The van der Waals surface area contributed by atoms with Crippen molar-refractivity contribution < 1.29 is 9.47 Å². The molecule has 8 heteroatoms. The molecule has 0 aliphatic carbocycles. The summed E-state index contributed by atoms with van der Waals surface area (Å²) < 4.78 is 15.3. The molecule has 2 unspecified atom stereocenters. The van der Waals surface area contributed by atoms with Crippen LogP contribution in [0.3, 0.4) is 0 Å². The Bertz CT molecular complexity index is 1210. The third-order valence-electron chi connectivity index (χ3n) is 5.21. The molecule has 1 aromatic carbocycles. The van der Waals surface area contributed by atoms with Crippen molar-refractivity contribution in [1.82, 2.24) is 19.5 Å². The molecule has 3 aromatic heterocycles. The summed E-state index contributed by atoms with van der Waals surface area (Å²) in [5.41, 5.74) is 2.77. The molecule has 0 bridgehead atoms. The molecule has 0 amide bonds. The smallest absolute Gasteiger partial charge is 0.147 e. The molecule has 0 radical (unpaired) electrons. The van der Waals surface area contributed by atoms with Gasteiger partial charge < -0.3 is 14.0 Å². The number of halogens is 2. The van der Waals surface area contributed by atoms with Crippen LogP contribution in [0.25, 0.3) is 21.9 Å². The minimum absolute atomic E-state index is 0.0164. The molecule has 0 saturated carbocycles. The largest absolute Gasteiger partial charge is 0.491 e. The third kappa shape index (κ3) is 3.58. The van der Waals surface area contributed by atoms with E-state index in [1.807, 2.05) is 37.3 Å². The number of rotatable bonds is 4. The highest BCUT2D eigenvalue weighted by Gasteiger charge is 2.29. The van der Waals surface area contributed by atoms with Crippen LogP contribution in [0.2, 0.25) is 5.15 Å². The number of aryl methyl sites for hydroxylation is 1. The van der Waals surface area contributed by atoms with Crippen molar-refractivity contribution >= 4 is 49.5 Å².